The molecule has 1 fully saturated rings. The minimum atomic E-state index is 0.214. The van der Waals surface area contributed by atoms with Crippen molar-refractivity contribution in [3.8, 4) is 0 Å². The molecule has 0 saturated carbocycles. The van der Waals surface area contributed by atoms with Gasteiger partial charge in [0, 0.05) is 24.0 Å². The van der Waals surface area contributed by atoms with E-state index < -0.39 is 0 Å². The van der Waals surface area contributed by atoms with Crippen LogP contribution in [0.25, 0.3) is 5.57 Å². The summed E-state index contributed by atoms with van der Waals surface area (Å²) in [6.45, 7) is 3.84. The fourth-order valence-electron chi connectivity index (χ4n) is 2.47. The molecule has 3 rings (SSSR count). The van der Waals surface area contributed by atoms with E-state index in [-0.39, 0.29) is 5.91 Å². The molecule has 1 aliphatic heterocycles. The lowest BCUT2D eigenvalue weighted by atomic mass is 10.2. The number of hydrogen-bond acceptors (Lipinski definition) is 3. The van der Waals surface area contributed by atoms with Crippen molar-refractivity contribution in [1.82, 2.24) is 9.88 Å². The second kappa shape index (κ2) is 4.69. The first kappa shape index (κ1) is 11.7. The van der Waals surface area contributed by atoms with Gasteiger partial charge >= 0.3 is 0 Å². The van der Waals surface area contributed by atoms with Gasteiger partial charge in [-0.3, -0.25) is 4.79 Å². The van der Waals surface area contributed by atoms with E-state index in [1.807, 2.05) is 17.9 Å². The van der Waals surface area contributed by atoms with Crippen LogP contribution in [0.15, 0.2) is 23.1 Å². The fraction of sp³-hybridized carbons (Fsp3) is 0.429. The molecule has 0 N–H and O–H groups in total. The first-order chi connectivity index (χ1) is 8.74. The molecular weight excluding hydrogens is 244 g/mol. The van der Waals surface area contributed by atoms with Crippen molar-refractivity contribution < 1.29 is 4.79 Å². The quantitative estimate of drug-likeness (QED) is 0.819. The number of thiazole rings is 1. The van der Waals surface area contributed by atoms with Gasteiger partial charge < -0.3 is 4.90 Å². The Hall–Kier alpha value is -1.42. The number of allylic oxidation sites excluding steroid dienone is 3. The Labute approximate surface area is 111 Å². The third-order valence-electron chi connectivity index (χ3n) is 3.45. The lowest BCUT2D eigenvalue weighted by molar-refractivity contribution is -0.126. The maximum absolute atomic E-state index is 12.2. The zero-order valence-electron chi connectivity index (χ0n) is 10.5. The number of amides is 1. The van der Waals surface area contributed by atoms with Crippen molar-refractivity contribution in [2.75, 3.05) is 13.1 Å². The van der Waals surface area contributed by atoms with Crippen molar-refractivity contribution in [2.24, 2.45) is 0 Å². The maximum atomic E-state index is 12.2. The van der Waals surface area contributed by atoms with Crippen molar-refractivity contribution in [3.63, 3.8) is 0 Å². The monoisotopic (exact) mass is 260 g/mol. The van der Waals surface area contributed by atoms with Crippen LogP contribution in [-0.2, 0) is 4.79 Å². The average molecular weight is 260 g/mol. The summed E-state index contributed by atoms with van der Waals surface area (Å²) in [5.74, 6) is 0.214. The Kier molecular flexibility index (Phi) is 3.04. The number of carbonyl (C=O) groups excluding carboxylic acids is 1. The highest BCUT2D eigenvalue weighted by Gasteiger charge is 2.23. The Balaban J connectivity index is 1.75. The molecule has 1 aromatic rings. The summed E-state index contributed by atoms with van der Waals surface area (Å²) < 4.78 is 0. The summed E-state index contributed by atoms with van der Waals surface area (Å²) in [6.07, 6.45) is 7.16. The number of aryl methyl sites for hydroxylation is 1. The van der Waals surface area contributed by atoms with Crippen LogP contribution < -0.4 is 0 Å². The highest BCUT2D eigenvalue weighted by atomic mass is 32.1. The molecule has 0 atom stereocenters. The largest absolute Gasteiger partial charge is 0.339 e. The minimum Gasteiger partial charge on any atom is -0.339 e. The van der Waals surface area contributed by atoms with E-state index in [0.29, 0.717) is 0 Å². The highest BCUT2D eigenvalue weighted by Crippen LogP contribution is 2.28. The maximum Gasteiger partial charge on any atom is 0.250 e. The third kappa shape index (κ3) is 2.12. The number of likely N-dealkylation sites (tertiary alicyclic amines) is 1. The first-order valence-corrected chi connectivity index (χ1v) is 7.24. The molecule has 1 amide bonds. The van der Waals surface area contributed by atoms with Crippen LogP contribution in [0, 0.1) is 6.92 Å². The molecule has 4 heteroatoms. The zero-order valence-corrected chi connectivity index (χ0v) is 11.3. The number of hydrogen-bond donors (Lipinski definition) is 0. The SMILES string of the molecule is Cc1nc(C2=CCC(C(=O)N3CCCC3)=C2)cs1. The van der Waals surface area contributed by atoms with Crippen LogP contribution >= 0.6 is 11.3 Å². The van der Waals surface area contributed by atoms with Gasteiger partial charge in [-0.1, -0.05) is 6.08 Å². The molecule has 0 spiro atoms. The molecule has 2 aliphatic rings. The van der Waals surface area contributed by atoms with Crippen LogP contribution in [0.3, 0.4) is 0 Å². The second-order valence-corrected chi connectivity index (χ2v) is 5.85. The predicted molar refractivity (Wildman–Crippen MR) is 73.3 cm³/mol. The number of aromatic nitrogens is 1. The van der Waals surface area contributed by atoms with Gasteiger partial charge in [0.2, 0.25) is 5.91 Å². The van der Waals surface area contributed by atoms with E-state index in [1.165, 1.54) is 0 Å². The molecule has 0 bridgehead atoms. The number of rotatable bonds is 2. The van der Waals surface area contributed by atoms with E-state index >= 15 is 0 Å². The molecule has 18 heavy (non-hydrogen) atoms. The first-order valence-electron chi connectivity index (χ1n) is 6.36. The van der Waals surface area contributed by atoms with Crippen molar-refractivity contribution in [3.05, 3.63) is 33.8 Å². The molecule has 0 unspecified atom stereocenters. The molecule has 0 radical (unpaired) electrons. The van der Waals surface area contributed by atoms with Crippen LogP contribution in [0.2, 0.25) is 0 Å². The highest BCUT2D eigenvalue weighted by molar-refractivity contribution is 7.09. The van der Waals surface area contributed by atoms with Crippen LogP contribution in [0.1, 0.15) is 30.0 Å². The number of nitrogens with zero attached hydrogens (tertiary/aromatic N) is 2. The topological polar surface area (TPSA) is 33.2 Å². The fourth-order valence-corrected chi connectivity index (χ4v) is 3.09. The van der Waals surface area contributed by atoms with Gasteiger partial charge in [0.15, 0.2) is 0 Å². The van der Waals surface area contributed by atoms with Crippen LogP contribution in [0.4, 0.5) is 0 Å². The van der Waals surface area contributed by atoms with E-state index in [1.54, 1.807) is 11.3 Å². The van der Waals surface area contributed by atoms with E-state index in [9.17, 15) is 4.79 Å². The summed E-state index contributed by atoms with van der Waals surface area (Å²) in [6, 6.07) is 0. The van der Waals surface area contributed by atoms with Crippen molar-refractivity contribution in [2.45, 2.75) is 26.2 Å². The lowest BCUT2D eigenvalue weighted by Gasteiger charge is -2.15. The Morgan fingerprint density at radius 2 is 2.17 bits per heavy atom. The molecule has 1 aliphatic carbocycles. The standard InChI is InChI=1S/C14H16N2OS/c1-10-15-13(9-18-10)11-4-5-12(8-11)14(17)16-6-2-3-7-16/h4,8-9H,2-3,5-7H2,1H3. The number of carbonyl (C=O) groups is 1. The average Bonchev–Trinajstić information content (AvgIpc) is 3.09. The van der Waals surface area contributed by atoms with Gasteiger partial charge in [0.25, 0.3) is 0 Å². The summed E-state index contributed by atoms with van der Waals surface area (Å²) in [5.41, 5.74) is 3.01. The van der Waals surface area contributed by atoms with Gasteiger partial charge in [-0.05, 0) is 37.8 Å². The smallest absolute Gasteiger partial charge is 0.250 e. The molecular formula is C14H16N2OS. The van der Waals surface area contributed by atoms with Crippen LogP contribution in [-0.4, -0.2) is 28.9 Å². The van der Waals surface area contributed by atoms with Crippen molar-refractivity contribution >= 4 is 22.8 Å². The minimum absolute atomic E-state index is 0.214. The van der Waals surface area contributed by atoms with Gasteiger partial charge in [-0.15, -0.1) is 11.3 Å². The molecule has 94 valence electrons. The Morgan fingerprint density at radius 3 is 2.83 bits per heavy atom. The van der Waals surface area contributed by atoms with E-state index in [0.717, 1.165) is 54.2 Å². The summed E-state index contributed by atoms with van der Waals surface area (Å²) in [4.78, 5) is 18.7. The predicted octanol–water partition coefficient (Wildman–Crippen LogP) is 2.79. The molecule has 1 saturated heterocycles. The van der Waals surface area contributed by atoms with Gasteiger partial charge in [0.1, 0.15) is 0 Å². The third-order valence-corrected chi connectivity index (χ3v) is 4.23. The molecule has 1 aromatic heterocycles. The second-order valence-electron chi connectivity index (χ2n) is 4.78. The zero-order chi connectivity index (χ0) is 12.5. The van der Waals surface area contributed by atoms with Gasteiger partial charge in [-0.25, -0.2) is 4.98 Å². The van der Waals surface area contributed by atoms with Gasteiger partial charge in [0.05, 0.1) is 10.7 Å². The Bertz CT molecular complexity index is 536. The molecule has 2 heterocycles. The van der Waals surface area contributed by atoms with Gasteiger partial charge in [-0.2, -0.15) is 0 Å². The molecule has 3 nitrogen and oxygen atoms in total. The van der Waals surface area contributed by atoms with E-state index in [4.69, 9.17) is 0 Å². The van der Waals surface area contributed by atoms with Crippen LogP contribution in [0.5, 0.6) is 0 Å². The Morgan fingerprint density at radius 1 is 1.39 bits per heavy atom. The van der Waals surface area contributed by atoms with Crippen molar-refractivity contribution in [1.29, 1.82) is 0 Å². The summed E-state index contributed by atoms with van der Waals surface area (Å²) in [7, 11) is 0. The normalized spacial score (nSPS) is 19.1. The molecule has 0 aromatic carbocycles. The lowest BCUT2D eigenvalue weighted by Crippen LogP contribution is -2.28. The summed E-state index contributed by atoms with van der Waals surface area (Å²) >= 11 is 1.65. The summed E-state index contributed by atoms with van der Waals surface area (Å²) in [5, 5.41) is 3.12. The van der Waals surface area contributed by atoms with E-state index in [2.05, 4.69) is 16.4 Å².